The van der Waals surface area contributed by atoms with E-state index in [4.69, 9.17) is 4.74 Å². The zero-order valence-corrected chi connectivity index (χ0v) is 13.2. The number of hydrogen-bond acceptors (Lipinski definition) is 2. The van der Waals surface area contributed by atoms with Gasteiger partial charge in [-0.25, -0.2) is 9.78 Å². The van der Waals surface area contributed by atoms with E-state index in [0.29, 0.717) is 11.3 Å². The molecule has 3 heteroatoms. The summed E-state index contributed by atoms with van der Waals surface area (Å²) in [5.74, 6) is 0.201. The molecule has 0 radical (unpaired) electrons. The molecule has 0 spiro atoms. The van der Waals surface area contributed by atoms with Crippen LogP contribution in [0.25, 0.3) is 21.8 Å². The fourth-order valence-corrected chi connectivity index (χ4v) is 2.89. The van der Waals surface area contributed by atoms with Crippen molar-refractivity contribution in [1.82, 2.24) is 0 Å². The highest BCUT2D eigenvalue weighted by Crippen LogP contribution is 2.25. The Morgan fingerprint density at radius 2 is 1.33 bits per heavy atom. The van der Waals surface area contributed by atoms with Gasteiger partial charge in [0, 0.05) is 12.1 Å². The van der Waals surface area contributed by atoms with E-state index < -0.39 is 0 Å². The maximum Gasteiger partial charge on any atom is 0.345 e. The van der Waals surface area contributed by atoms with E-state index >= 15 is 0 Å². The standard InChI is InChI=1S/C21H15NO2/c1-14-10-12-15(13-11-14)24-21(23)20-16-6-2-4-8-18(16)22-19-9-5-3-7-17(19)20/h2-13H,1H3/p+1. The zero-order valence-electron chi connectivity index (χ0n) is 13.2. The van der Waals surface area contributed by atoms with Crippen LogP contribution in [0.3, 0.4) is 0 Å². The molecule has 1 N–H and O–H groups in total. The lowest BCUT2D eigenvalue weighted by atomic mass is 10.0. The molecule has 0 aliphatic heterocycles. The van der Waals surface area contributed by atoms with E-state index in [-0.39, 0.29) is 5.97 Å². The van der Waals surface area contributed by atoms with E-state index in [2.05, 4.69) is 4.98 Å². The monoisotopic (exact) mass is 314 g/mol. The molecule has 0 aliphatic carbocycles. The molecular formula is C21H16NO2+. The Hall–Kier alpha value is -3.20. The normalized spacial score (nSPS) is 10.9. The number of benzene rings is 3. The van der Waals surface area contributed by atoms with Crippen molar-refractivity contribution in [3.05, 3.63) is 83.9 Å². The lowest BCUT2D eigenvalue weighted by Crippen LogP contribution is -2.15. The first kappa shape index (κ1) is 14.4. The Morgan fingerprint density at radius 1 is 0.792 bits per heavy atom. The Balaban J connectivity index is 1.89. The molecule has 0 fully saturated rings. The van der Waals surface area contributed by atoms with Gasteiger partial charge in [-0.3, -0.25) is 0 Å². The lowest BCUT2D eigenvalue weighted by molar-refractivity contribution is -0.310. The third-order valence-electron chi connectivity index (χ3n) is 4.10. The highest BCUT2D eigenvalue weighted by atomic mass is 16.5. The quantitative estimate of drug-likeness (QED) is 0.314. The van der Waals surface area contributed by atoms with Crippen LogP contribution in [0, 0.1) is 6.92 Å². The molecule has 3 aromatic carbocycles. The van der Waals surface area contributed by atoms with Crippen LogP contribution in [0.2, 0.25) is 0 Å². The van der Waals surface area contributed by atoms with Gasteiger partial charge in [0.2, 0.25) is 11.0 Å². The van der Waals surface area contributed by atoms with Crippen molar-refractivity contribution in [2.75, 3.05) is 0 Å². The van der Waals surface area contributed by atoms with Gasteiger partial charge in [0.15, 0.2) is 0 Å². The number of esters is 1. The molecule has 0 bridgehead atoms. The molecule has 3 nitrogen and oxygen atoms in total. The highest BCUT2D eigenvalue weighted by Gasteiger charge is 2.21. The molecule has 0 atom stereocenters. The molecule has 0 unspecified atom stereocenters. The number of hydrogen-bond donors (Lipinski definition) is 0. The minimum atomic E-state index is -0.347. The summed E-state index contributed by atoms with van der Waals surface area (Å²) in [5, 5.41) is 1.71. The van der Waals surface area contributed by atoms with E-state index in [0.717, 1.165) is 27.4 Å². The number of pyridine rings is 1. The van der Waals surface area contributed by atoms with Crippen molar-refractivity contribution in [3.8, 4) is 5.75 Å². The Morgan fingerprint density at radius 3 is 1.92 bits per heavy atom. The number of nitrogens with one attached hydrogen (secondary N) is 1. The predicted octanol–water partition coefficient (Wildman–Crippen LogP) is 4.33. The van der Waals surface area contributed by atoms with Gasteiger partial charge in [-0.2, -0.15) is 0 Å². The molecule has 4 rings (SSSR count). The van der Waals surface area contributed by atoms with Gasteiger partial charge in [0.25, 0.3) is 0 Å². The van der Waals surface area contributed by atoms with Crippen molar-refractivity contribution >= 4 is 27.8 Å². The second-order valence-corrected chi connectivity index (χ2v) is 5.79. The fraction of sp³-hybridized carbons (Fsp3) is 0.0476. The molecule has 24 heavy (non-hydrogen) atoms. The lowest BCUT2D eigenvalue weighted by Gasteiger charge is -2.08. The third kappa shape index (κ3) is 2.50. The summed E-state index contributed by atoms with van der Waals surface area (Å²) in [5.41, 5.74) is 3.53. The number of para-hydroxylation sites is 2. The number of aromatic nitrogens is 1. The number of aryl methyl sites for hydroxylation is 1. The zero-order chi connectivity index (χ0) is 16.5. The van der Waals surface area contributed by atoms with E-state index in [1.807, 2.05) is 79.7 Å². The number of ether oxygens (including phenoxy) is 1. The van der Waals surface area contributed by atoms with Gasteiger partial charge in [-0.15, -0.1) is 0 Å². The summed E-state index contributed by atoms with van der Waals surface area (Å²) in [6.45, 7) is 2.00. The fourth-order valence-electron chi connectivity index (χ4n) is 2.89. The first-order valence-electron chi connectivity index (χ1n) is 7.84. The minimum absolute atomic E-state index is 0.347. The van der Waals surface area contributed by atoms with Crippen molar-refractivity contribution in [2.45, 2.75) is 6.92 Å². The maximum absolute atomic E-state index is 12.9. The summed E-state index contributed by atoms with van der Waals surface area (Å²) in [7, 11) is 0. The van der Waals surface area contributed by atoms with Crippen LogP contribution in [0.15, 0.2) is 72.8 Å². The van der Waals surface area contributed by atoms with Crippen molar-refractivity contribution in [2.24, 2.45) is 0 Å². The summed E-state index contributed by atoms with van der Waals surface area (Å²) >= 11 is 0. The van der Waals surface area contributed by atoms with E-state index in [1.165, 1.54) is 0 Å². The Labute approximate surface area is 139 Å². The smallest absolute Gasteiger partial charge is 0.345 e. The summed E-state index contributed by atoms with van der Waals surface area (Å²) in [6, 6.07) is 23.0. The van der Waals surface area contributed by atoms with Gasteiger partial charge in [-0.05, 0) is 31.2 Å². The van der Waals surface area contributed by atoms with E-state index in [9.17, 15) is 4.79 Å². The van der Waals surface area contributed by atoms with Gasteiger partial charge < -0.3 is 4.74 Å². The van der Waals surface area contributed by atoms with Gasteiger partial charge in [0.1, 0.15) is 5.75 Å². The number of rotatable bonds is 2. The number of fused-ring (bicyclic) bond motifs is 2. The van der Waals surface area contributed by atoms with Crippen LogP contribution in [0.1, 0.15) is 15.9 Å². The molecule has 1 aromatic heterocycles. The molecule has 0 amide bonds. The largest absolute Gasteiger partial charge is 0.423 e. The van der Waals surface area contributed by atoms with Gasteiger partial charge >= 0.3 is 5.97 Å². The van der Waals surface area contributed by atoms with Gasteiger partial charge in [-0.1, -0.05) is 42.0 Å². The predicted molar refractivity (Wildman–Crippen MR) is 94.1 cm³/mol. The second kappa shape index (κ2) is 5.78. The number of H-pyrrole nitrogens is 1. The average Bonchev–Trinajstić information content (AvgIpc) is 2.61. The van der Waals surface area contributed by atoms with E-state index in [1.54, 1.807) is 0 Å². The average molecular weight is 314 g/mol. The van der Waals surface area contributed by atoms with Crippen molar-refractivity contribution < 1.29 is 14.5 Å². The molecule has 0 aliphatic rings. The molecular weight excluding hydrogens is 298 g/mol. The van der Waals surface area contributed by atoms with Crippen LogP contribution < -0.4 is 9.72 Å². The van der Waals surface area contributed by atoms with Crippen LogP contribution in [-0.2, 0) is 0 Å². The Bertz CT molecular complexity index is 998. The third-order valence-corrected chi connectivity index (χ3v) is 4.10. The minimum Gasteiger partial charge on any atom is -0.423 e. The topological polar surface area (TPSA) is 40.4 Å². The summed E-state index contributed by atoms with van der Waals surface area (Å²) in [4.78, 5) is 16.3. The molecule has 0 saturated heterocycles. The summed E-state index contributed by atoms with van der Waals surface area (Å²) in [6.07, 6.45) is 0. The number of carbonyl (C=O) groups excluding carboxylic acids is 1. The number of carbonyl (C=O) groups is 1. The van der Waals surface area contributed by atoms with Crippen LogP contribution in [0.5, 0.6) is 5.75 Å². The molecule has 0 saturated carbocycles. The van der Waals surface area contributed by atoms with Crippen LogP contribution in [-0.4, -0.2) is 5.97 Å². The Kier molecular flexibility index (Phi) is 3.47. The SMILES string of the molecule is Cc1ccc(OC(=O)c2c3ccccc3[nH+]c3ccccc23)cc1. The van der Waals surface area contributed by atoms with Gasteiger partial charge in [0.05, 0.1) is 16.3 Å². The first-order valence-corrected chi connectivity index (χ1v) is 7.84. The summed E-state index contributed by atoms with van der Waals surface area (Å²) < 4.78 is 5.62. The molecule has 1 heterocycles. The second-order valence-electron chi connectivity index (χ2n) is 5.79. The first-order chi connectivity index (χ1) is 11.7. The maximum atomic E-state index is 12.9. The number of aromatic amines is 1. The van der Waals surface area contributed by atoms with Crippen molar-refractivity contribution in [1.29, 1.82) is 0 Å². The molecule has 116 valence electrons. The van der Waals surface area contributed by atoms with Crippen LogP contribution in [0.4, 0.5) is 0 Å². The molecule has 4 aromatic rings. The van der Waals surface area contributed by atoms with Crippen molar-refractivity contribution in [3.63, 3.8) is 0 Å². The highest BCUT2D eigenvalue weighted by molar-refractivity contribution is 6.13. The van der Waals surface area contributed by atoms with Crippen LogP contribution >= 0.6 is 0 Å².